The van der Waals surface area contributed by atoms with Gasteiger partial charge in [-0.05, 0) is 24.3 Å². The molecule has 0 spiro atoms. The quantitative estimate of drug-likeness (QED) is 0.710. The second-order valence-corrected chi connectivity index (χ2v) is 6.48. The molecule has 0 radical (unpaired) electrons. The number of rotatable bonds is 3. The van der Waals surface area contributed by atoms with E-state index in [0.29, 0.717) is 23.0 Å². The molecule has 0 fully saturated rings. The highest BCUT2D eigenvalue weighted by Crippen LogP contribution is 2.36. The van der Waals surface area contributed by atoms with Crippen molar-refractivity contribution in [3.63, 3.8) is 0 Å². The molecule has 0 saturated carbocycles. The second kappa shape index (κ2) is 5.46. The maximum Gasteiger partial charge on any atom is 0.279 e. The lowest BCUT2D eigenvalue weighted by molar-refractivity contribution is -0.112. The fourth-order valence-electron chi connectivity index (χ4n) is 3.18. The zero-order valence-electron chi connectivity index (χ0n) is 12.7. The molecule has 0 saturated heterocycles. The van der Waals surface area contributed by atoms with Crippen LogP contribution in [0.25, 0.3) is 16.5 Å². The highest BCUT2D eigenvalue weighted by Gasteiger charge is 2.26. The van der Waals surface area contributed by atoms with Crippen molar-refractivity contribution in [2.24, 2.45) is 4.99 Å². The van der Waals surface area contributed by atoms with Gasteiger partial charge in [0.15, 0.2) is 0 Å². The van der Waals surface area contributed by atoms with E-state index in [2.05, 4.69) is 27.5 Å². The van der Waals surface area contributed by atoms with Gasteiger partial charge in [-0.15, -0.1) is 6.58 Å². The van der Waals surface area contributed by atoms with Crippen molar-refractivity contribution < 1.29 is 9.90 Å². The fraction of sp³-hybridized carbons (Fsp3) is 0.0526. The summed E-state index contributed by atoms with van der Waals surface area (Å²) in [6.07, 6.45) is 1.71. The summed E-state index contributed by atoms with van der Waals surface area (Å²) in [5.41, 5.74) is 1.81. The van der Waals surface area contributed by atoms with Gasteiger partial charge in [-0.2, -0.15) is 0 Å². The minimum absolute atomic E-state index is 0.0578. The molecular weight excluding hydrogens is 368 g/mol. The number of fused-ring (bicyclic) bond motifs is 2. The summed E-state index contributed by atoms with van der Waals surface area (Å²) in [5.74, 6) is -0.276. The van der Waals surface area contributed by atoms with E-state index < -0.39 is 0 Å². The van der Waals surface area contributed by atoms with E-state index in [1.54, 1.807) is 16.7 Å². The first-order chi connectivity index (χ1) is 11.6. The lowest BCUT2D eigenvalue weighted by Crippen LogP contribution is -2.23. The van der Waals surface area contributed by atoms with Crippen LogP contribution in [0.3, 0.4) is 0 Å². The SMILES string of the molecule is C=CCn1c(O)c(C2=c3cc(Br)ccc3=NC2=O)c2ccccc21. The number of carbonyl (C=O) groups is 1. The molecule has 5 heteroatoms. The van der Waals surface area contributed by atoms with Gasteiger partial charge in [0.05, 0.1) is 22.0 Å². The first-order valence-electron chi connectivity index (χ1n) is 7.46. The summed E-state index contributed by atoms with van der Waals surface area (Å²) in [6.45, 7) is 4.20. The van der Waals surface area contributed by atoms with E-state index in [1.165, 1.54) is 0 Å². The molecule has 0 atom stereocenters. The van der Waals surface area contributed by atoms with Crippen LogP contribution in [0.15, 0.2) is 64.6 Å². The molecule has 3 aromatic rings. The van der Waals surface area contributed by atoms with Gasteiger partial charge < -0.3 is 9.67 Å². The third-order valence-corrected chi connectivity index (χ3v) is 4.66. The number of nitrogens with zero attached hydrogens (tertiary/aromatic N) is 2. The van der Waals surface area contributed by atoms with Crippen LogP contribution in [0.5, 0.6) is 5.88 Å². The average Bonchev–Trinajstić information content (AvgIpc) is 3.02. The molecule has 1 amide bonds. The summed E-state index contributed by atoms with van der Waals surface area (Å²) in [7, 11) is 0. The molecule has 1 aromatic heterocycles. The summed E-state index contributed by atoms with van der Waals surface area (Å²) in [4.78, 5) is 16.7. The number of para-hydroxylation sites is 1. The van der Waals surface area contributed by atoms with Gasteiger partial charge in [0, 0.05) is 21.6 Å². The number of aromatic hydroxyl groups is 1. The number of aromatic nitrogens is 1. The van der Waals surface area contributed by atoms with Crippen LogP contribution in [0.2, 0.25) is 0 Å². The Bertz CT molecular complexity index is 1140. The van der Waals surface area contributed by atoms with Gasteiger partial charge in [-0.1, -0.05) is 40.2 Å². The summed E-state index contributed by atoms with van der Waals surface area (Å²) < 4.78 is 2.60. The van der Waals surface area contributed by atoms with Crippen LogP contribution >= 0.6 is 15.9 Å². The minimum Gasteiger partial charge on any atom is -0.494 e. The Hall–Kier alpha value is -2.66. The van der Waals surface area contributed by atoms with Crippen LogP contribution in [-0.4, -0.2) is 15.6 Å². The number of hydrogen-bond acceptors (Lipinski definition) is 2. The van der Waals surface area contributed by atoms with Crippen molar-refractivity contribution in [2.45, 2.75) is 6.54 Å². The molecule has 24 heavy (non-hydrogen) atoms. The highest BCUT2D eigenvalue weighted by atomic mass is 79.9. The molecule has 118 valence electrons. The molecule has 4 nitrogen and oxygen atoms in total. The third-order valence-electron chi connectivity index (χ3n) is 4.17. The molecule has 2 heterocycles. The van der Waals surface area contributed by atoms with Crippen LogP contribution in [0.4, 0.5) is 0 Å². The average molecular weight is 381 g/mol. The summed E-state index contributed by atoms with van der Waals surface area (Å²) in [6, 6.07) is 13.1. The normalized spacial score (nSPS) is 13.2. The molecule has 1 aliphatic rings. The number of amides is 1. The minimum atomic E-state index is -0.333. The maximum absolute atomic E-state index is 12.5. The molecule has 4 rings (SSSR count). The van der Waals surface area contributed by atoms with Crippen molar-refractivity contribution in [1.82, 2.24) is 4.57 Å². The molecule has 1 N–H and O–H groups in total. The van der Waals surface area contributed by atoms with Gasteiger partial charge in [0.25, 0.3) is 5.91 Å². The first kappa shape index (κ1) is 14.9. The van der Waals surface area contributed by atoms with Gasteiger partial charge >= 0.3 is 0 Å². The lowest BCUT2D eigenvalue weighted by Gasteiger charge is -2.03. The van der Waals surface area contributed by atoms with Crippen LogP contribution in [0.1, 0.15) is 5.56 Å². The maximum atomic E-state index is 12.5. The second-order valence-electron chi connectivity index (χ2n) is 5.57. The Morgan fingerprint density at radius 3 is 2.83 bits per heavy atom. The van der Waals surface area contributed by atoms with E-state index in [-0.39, 0.29) is 11.8 Å². The number of allylic oxidation sites excluding steroid dienone is 1. The van der Waals surface area contributed by atoms with E-state index in [9.17, 15) is 9.90 Å². The largest absolute Gasteiger partial charge is 0.494 e. The van der Waals surface area contributed by atoms with E-state index in [0.717, 1.165) is 20.6 Å². The fourth-order valence-corrected chi connectivity index (χ4v) is 3.54. The molecule has 0 unspecified atom stereocenters. The molecule has 2 aromatic carbocycles. The van der Waals surface area contributed by atoms with Gasteiger partial charge in [-0.3, -0.25) is 4.79 Å². The Morgan fingerprint density at radius 2 is 2.04 bits per heavy atom. The number of hydrogen-bond donors (Lipinski definition) is 1. The van der Waals surface area contributed by atoms with E-state index in [4.69, 9.17) is 0 Å². The van der Waals surface area contributed by atoms with Gasteiger partial charge in [0.1, 0.15) is 0 Å². The highest BCUT2D eigenvalue weighted by molar-refractivity contribution is 9.10. The number of halogens is 1. The molecule has 1 aliphatic heterocycles. The molecular formula is C19H13BrN2O2. The van der Waals surface area contributed by atoms with Crippen molar-refractivity contribution in [3.05, 3.63) is 75.7 Å². The lowest BCUT2D eigenvalue weighted by atomic mass is 10.0. The van der Waals surface area contributed by atoms with Crippen LogP contribution in [-0.2, 0) is 11.3 Å². The molecule has 0 aliphatic carbocycles. The third kappa shape index (κ3) is 2.05. The monoisotopic (exact) mass is 380 g/mol. The first-order valence-corrected chi connectivity index (χ1v) is 8.25. The zero-order chi connectivity index (χ0) is 16.8. The van der Waals surface area contributed by atoms with Crippen molar-refractivity contribution >= 4 is 38.3 Å². The molecule has 0 bridgehead atoms. The zero-order valence-corrected chi connectivity index (χ0v) is 14.2. The predicted molar refractivity (Wildman–Crippen MR) is 96.2 cm³/mol. The van der Waals surface area contributed by atoms with Crippen molar-refractivity contribution in [1.29, 1.82) is 0 Å². The Kier molecular flexibility index (Phi) is 3.39. The van der Waals surface area contributed by atoms with Crippen molar-refractivity contribution in [3.8, 4) is 5.88 Å². The van der Waals surface area contributed by atoms with Crippen molar-refractivity contribution in [2.75, 3.05) is 0 Å². The van der Waals surface area contributed by atoms with Crippen LogP contribution < -0.4 is 10.6 Å². The Balaban J connectivity index is 2.17. The van der Waals surface area contributed by atoms with Gasteiger partial charge in [0.2, 0.25) is 5.88 Å². The van der Waals surface area contributed by atoms with Gasteiger partial charge in [-0.25, -0.2) is 4.99 Å². The Labute approximate surface area is 146 Å². The smallest absolute Gasteiger partial charge is 0.279 e. The Morgan fingerprint density at radius 1 is 1.25 bits per heavy atom. The van der Waals surface area contributed by atoms with Crippen LogP contribution in [0, 0.1) is 0 Å². The summed E-state index contributed by atoms with van der Waals surface area (Å²) in [5, 5.41) is 13.0. The topological polar surface area (TPSA) is 54.6 Å². The standard InChI is InChI=1S/C19H13BrN2O2/c1-2-9-22-15-6-4-3-5-12(15)17(19(22)24)16-13-10-11(20)7-8-14(13)21-18(16)23/h2-8,10,24H,1,9H2. The number of benzene rings is 2. The predicted octanol–water partition coefficient (Wildman–Crippen LogP) is 2.65. The van der Waals surface area contributed by atoms with E-state index >= 15 is 0 Å². The van der Waals surface area contributed by atoms with E-state index in [1.807, 2.05) is 36.4 Å². The summed E-state index contributed by atoms with van der Waals surface area (Å²) >= 11 is 3.44. The number of carbonyl (C=O) groups excluding carboxylic acids is 1.